The van der Waals surface area contributed by atoms with E-state index in [4.69, 9.17) is 9.47 Å². The van der Waals surface area contributed by atoms with E-state index in [0.717, 1.165) is 11.3 Å². The Bertz CT molecular complexity index is 1010. The summed E-state index contributed by atoms with van der Waals surface area (Å²) in [6, 6.07) is 13.1. The number of nitrogens with one attached hydrogen (secondary N) is 1. The first-order valence-corrected chi connectivity index (χ1v) is 9.62. The molecular weight excluding hydrogens is 389 g/mol. The number of carbonyl (C=O) groups is 1. The van der Waals surface area contributed by atoms with E-state index in [-0.39, 0.29) is 18.2 Å². The zero-order chi connectivity index (χ0) is 21.1. The molecule has 0 spiro atoms. The summed E-state index contributed by atoms with van der Waals surface area (Å²) in [6.45, 7) is 0.585. The normalized spacial score (nSPS) is 18.8. The summed E-state index contributed by atoms with van der Waals surface area (Å²) >= 11 is 0. The molecule has 0 aliphatic carbocycles. The van der Waals surface area contributed by atoms with Gasteiger partial charge in [0.2, 0.25) is 0 Å². The number of H-pyrrole nitrogens is 1. The molecule has 0 bridgehead atoms. The van der Waals surface area contributed by atoms with E-state index in [0.29, 0.717) is 24.3 Å². The Kier molecular flexibility index (Phi) is 5.67. The van der Waals surface area contributed by atoms with Gasteiger partial charge in [0, 0.05) is 30.8 Å². The van der Waals surface area contributed by atoms with Crippen molar-refractivity contribution in [3.8, 4) is 22.8 Å². The van der Waals surface area contributed by atoms with Crippen molar-refractivity contribution in [2.75, 3.05) is 20.2 Å². The molecule has 4 rings (SSSR count). The molecular formula is C22H22FN3O4. The van der Waals surface area contributed by atoms with Crippen molar-refractivity contribution in [1.29, 1.82) is 0 Å². The van der Waals surface area contributed by atoms with Gasteiger partial charge < -0.3 is 19.5 Å². The molecule has 156 valence electrons. The standard InChI is InChI=1S/C22H22FN3O4/c1-29-21-12-16(23)6-7-20(21)30-19-9-11-26(13-18(19)27)22(28)15-4-2-14(3-5-15)17-8-10-24-25-17/h2-8,10,12,18-19,27H,9,11,13H2,1H3,(H,24,25)/t18-,19-/m1/s1. The van der Waals surface area contributed by atoms with Crippen molar-refractivity contribution in [3.63, 3.8) is 0 Å². The van der Waals surface area contributed by atoms with Gasteiger partial charge in [-0.25, -0.2) is 4.39 Å². The third-order valence-corrected chi connectivity index (χ3v) is 5.15. The number of aromatic amines is 1. The van der Waals surface area contributed by atoms with E-state index < -0.39 is 18.0 Å². The van der Waals surface area contributed by atoms with Crippen molar-refractivity contribution in [1.82, 2.24) is 15.1 Å². The lowest BCUT2D eigenvalue weighted by Gasteiger charge is -2.36. The van der Waals surface area contributed by atoms with Crippen molar-refractivity contribution >= 4 is 5.91 Å². The van der Waals surface area contributed by atoms with Crippen LogP contribution in [-0.2, 0) is 0 Å². The Morgan fingerprint density at radius 2 is 2.00 bits per heavy atom. The number of aliphatic hydroxyl groups excluding tert-OH is 1. The van der Waals surface area contributed by atoms with Gasteiger partial charge >= 0.3 is 0 Å². The highest BCUT2D eigenvalue weighted by Gasteiger charge is 2.32. The van der Waals surface area contributed by atoms with E-state index in [1.54, 1.807) is 23.2 Å². The summed E-state index contributed by atoms with van der Waals surface area (Å²) in [6.07, 6.45) is 0.723. The molecule has 0 unspecified atom stereocenters. The maximum Gasteiger partial charge on any atom is 0.253 e. The first-order chi connectivity index (χ1) is 14.5. The number of ether oxygens (including phenoxy) is 2. The van der Waals surface area contributed by atoms with E-state index >= 15 is 0 Å². The number of hydrogen-bond acceptors (Lipinski definition) is 5. The van der Waals surface area contributed by atoms with E-state index in [2.05, 4.69) is 10.2 Å². The third-order valence-electron chi connectivity index (χ3n) is 5.15. The zero-order valence-electron chi connectivity index (χ0n) is 16.4. The van der Waals surface area contributed by atoms with Gasteiger partial charge in [-0.3, -0.25) is 9.89 Å². The summed E-state index contributed by atoms with van der Waals surface area (Å²) in [7, 11) is 1.43. The lowest BCUT2D eigenvalue weighted by atomic mass is 10.0. The van der Waals surface area contributed by atoms with Gasteiger partial charge in [-0.05, 0) is 35.9 Å². The third kappa shape index (κ3) is 4.13. The number of benzene rings is 2. The number of aromatic nitrogens is 2. The predicted octanol–water partition coefficient (Wildman–Crippen LogP) is 2.88. The number of amides is 1. The molecule has 2 heterocycles. The molecule has 1 aromatic heterocycles. The van der Waals surface area contributed by atoms with Gasteiger partial charge in [-0.15, -0.1) is 0 Å². The number of aliphatic hydroxyl groups is 1. The Morgan fingerprint density at radius 3 is 2.67 bits per heavy atom. The van der Waals surface area contributed by atoms with Crippen molar-refractivity contribution in [2.45, 2.75) is 18.6 Å². The minimum atomic E-state index is -0.873. The SMILES string of the molecule is COc1cc(F)ccc1O[C@@H]1CCN(C(=O)c2ccc(-c3ccn[nH]3)cc2)C[C@H]1O. The number of piperidine rings is 1. The lowest BCUT2D eigenvalue weighted by Crippen LogP contribution is -2.51. The van der Waals surface area contributed by atoms with E-state index in [1.807, 2.05) is 18.2 Å². The Labute approximate surface area is 173 Å². The molecule has 1 aliphatic heterocycles. The fourth-order valence-corrected chi connectivity index (χ4v) is 3.53. The van der Waals surface area contributed by atoms with Crippen LogP contribution in [0, 0.1) is 5.82 Å². The minimum Gasteiger partial charge on any atom is -0.493 e. The lowest BCUT2D eigenvalue weighted by molar-refractivity contribution is -0.0207. The molecule has 0 saturated carbocycles. The first kappa shape index (κ1) is 19.9. The number of β-amino-alcohol motifs (C(OH)–C–C–N with tert-alkyl or cyclic N) is 1. The smallest absolute Gasteiger partial charge is 0.253 e. The average molecular weight is 411 g/mol. The predicted molar refractivity (Wildman–Crippen MR) is 108 cm³/mol. The van der Waals surface area contributed by atoms with Crippen LogP contribution < -0.4 is 9.47 Å². The maximum atomic E-state index is 13.4. The molecule has 1 fully saturated rings. The number of halogens is 1. The second kappa shape index (κ2) is 8.54. The summed E-state index contributed by atoms with van der Waals surface area (Å²) < 4.78 is 24.3. The quantitative estimate of drug-likeness (QED) is 0.674. The molecule has 8 heteroatoms. The first-order valence-electron chi connectivity index (χ1n) is 9.62. The van der Waals surface area contributed by atoms with Gasteiger partial charge in [0.1, 0.15) is 18.0 Å². The number of carbonyl (C=O) groups excluding carboxylic acids is 1. The van der Waals surface area contributed by atoms with Crippen molar-refractivity contribution in [2.24, 2.45) is 0 Å². The van der Waals surface area contributed by atoms with Gasteiger partial charge in [-0.1, -0.05) is 12.1 Å². The van der Waals surface area contributed by atoms with Crippen LogP contribution in [0.5, 0.6) is 11.5 Å². The fraction of sp³-hybridized carbons (Fsp3) is 0.273. The Hall–Kier alpha value is -3.39. The topological polar surface area (TPSA) is 87.7 Å². The second-order valence-electron chi connectivity index (χ2n) is 7.11. The van der Waals surface area contributed by atoms with Gasteiger partial charge in [0.15, 0.2) is 11.5 Å². The maximum absolute atomic E-state index is 13.4. The molecule has 2 atom stereocenters. The van der Waals surface area contributed by atoms with E-state index in [1.165, 1.54) is 25.3 Å². The zero-order valence-corrected chi connectivity index (χ0v) is 16.4. The highest BCUT2D eigenvalue weighted by atomic mass is 19.1. The number of hydrogen-bond donors (Lipinski definition) is 2. The van der Waals surface area contributed by atoms with Crippen LogP contribution in [0.15, 0.2) is 54.7 Å². The average Bonchev–Trinajstić information content (AvgIpc) is 3.31. The Morgan fingerprint density at radius 1 is 1.20 bits per heavy atom. The number of nitrogens with zero attached hydrogens (tertiary/aromatic N) is 2. The molecule has 30 heavy (non-hydrogen) atoms. The highest BCUT2D eigenvalue weighted by Crippen LogP contribution is 2.30. The van der Waals surface area contributed by atoms with Crippen LogP contribution in [0.3, 0.4) is 0 Å². The van der Waals surface area contributed by atoms with Crippen LogP contribution in [-0.4, -0.2) is 58.5 Å². The molecule has 1 saturated heterocycles. The Balaban J connectivity index is 1.40. The van der Waals surface area contributed by atoms with Crippen LogP contribution >= 0.6 is 0 Å². The minimum absolute atomic E-state index is 0.148. The van der Waals surface area contributed by atoms with Gasteiger partial charge in [0.05, 0.1) is 19.3 Å². The number of rotatable bonds is 5. The number of methoxy groups -OCH3 is 1. The fourth-order valence-electron chi connectivity index (χ4n) is 3.53. The van der Waals surface area contributed by atoms with Crippen LogP contribution in [0.4, 0.5) is 4.39 Å². The van der Waals surface area contributed by atoms with Crippen LogP contribution in [0.2, 0.25) is 0 Å². The van der Waals surface area contributed by atoms with Crippen molar-refractivity contribution in [3.05, 3.63) is 66.1 Å². The van der Waals surface area contributed by atoms with Crippen molar-refractivity contribution < 1.29 is 23.8 Å². The van der Waals surface area contributed by atoms with Crippen LogP contribution in [0.25, 0.3) is 11.3 Å². The van der Waals surface area contributed by atoms with E-state index in [9.17, 15) is 14.3 Å². The van der Waals surface area contributed by atoms with Gasteiger partial charge in [0.25, 0.3) is 5.91 Å². The number of likely N-dealkylation sites (tertiary alicyclic amines) is 1. The molecule has 1 aliphatic rings. The molecule has 1 amide bonds. The monoisotopic (exact) mass is 411 g/mol. The van der Waals surface area contributed by atoms with Gasteiger partial charge in [-0.2, -0.15) is 5.10 Å². The summed E-state index contributed by atoms with van der Waals surface area (Å²) in [5, 5.41) is 17.3. The van der Waals surface area contributed by atoms with Crippen LogP contribution in [0.1, 0.15) is 16.8 Å². The molecule has 0 radical (unpaired) electrons. The molecule has 2 N–H and O–H groups in total. The molecule has 3 aromatic rings. The largest absolute Gasteiger partial charge is 0.493 e. The second-order valence-corrected chi connectivity index (χ2v) is 7.11. The summed E-state index contributed by atoms with van der Waals surface area (Å²) in [5.74, 6) is 0.0388. The molecule has 7 nitrogen and oxygen atoms in total. The summed E-state index contributed by atoms with van der Waals surface area (Å²) in [4.78, 5) is 14.4. The highest BCUT2D eigenvalue weighted by molar-refractivity contribution is 5.94. The molecule has 2 aromatic carbocycles. The summed E-state index contributed by atoms with van der Waals surface area (Å²) in [5.41, 5.74) is 2.35.